The van der Waals surface area contributed by atoms with Gasteiger partial charge in [-0.2, -0.15) is 0 Å². The molecule has 6 heteroatoms. The van der Waals surface area contributed by atoms with Gasteiger partial charge in [0.1, 0.15) is 6.04 Å². The van der Waals surface area contributed by atoms with Crippen molar-refractivity contribution in [1.29, 1.82) is 0 Å². The lowest BCUT2D eigenvalue weighted by molar-refractivity contribution is -0.138. The van der Waals surface area contributed by atoms with E-state index in [0.29, 0.717) is 5.57 Å². The average Bonchev–Trinajstić information content (AvgIpc) is 2.18. The van der Waals surface area contributed by atoms with Crippen molar-refractivity contribution in [2.75, 3.05) is 0 Å². The first-order valence-corrected chi connectivity index (χ1v) is 5.73. The summed E-state index contributed by atoms with van der Waals surface area (Å²) < 4.78 is 0. The van der Waals surface area contributed by atoms with Crippen molar-refractivity contribution in [2.24, 2.45) is 5.73 Å². The van der Waals surface area contributed by atoms with Crippen LogP contribution < -0.4 is 11.1 Å². The Morgan fingerprint density at radius 2 is 2.00 bits per heavy atom. The van der Waals surface area contributed by atoms with Crippen molar-refractivity contribution < 1.29 is 14.4 Å². The van der Waals surface area contributed by atoms with Crippen LogP contribution in [0.4, 0.5) is 0 Å². The molecule has 3 amide bonds. The van der Waals surface area contributed by atoms with Crippen molar-refractivity contribution in [2.45, 2.75) is 45.7 Å². The number of carbonyl (C=O) groups excluding carboxylic acids is 3. The maximum atomic E-state index is 12.2. The molecule has 18 heavy (non-hydrogen) atoms. The predicted molar refractivity (Wildman–Crippen MR) is 66.1 cm³/mol. The van der Waals surface area contributed by atoms with Crippen LogP contribution in [0.2, 0.25) is 0 Å². The van der Waals surface area contributed by atoms with Crippen LogP contribution >= 0.6 is 0 Å². The van der Waals surface area contributed by atoms with E-state index in [2.05, 4.69) is 5.32 Å². The Hall–Kier alpha value is -1.85. The van der Waals surface area contributed by atoms with Crippen LogP contribution in [0.3, 0.4) is 0 Å². The number of rotatable bonds is 2. The molecule has 1 aliphatic heterocycles. The molecule has 0 spiro atoms. The molecular formula is C12H19N3O3. The molecule has 1 aliphatic rings. The van der Waals surface area contributed by atoms with Gasteiger partial charge in [0.2, 0.25) is 17.7 Å². The van der Waals surface area contributed by atoms with E-state index in [0.717, 1.165) is 0 Å². The van der Waals surface area contributed by atoms with Gasteiger partial charge in [-0.1, -0.05) is 0 Å². The number of nitrogens with two attached hydrogens (primary N) is 1. The fraction of sp³-hybridized carbons (Fsp3) is 0.583. The molecule has 1 atom stereocenters. The zero-order valence-electron chi connectivity index (χ0n) is 11.1. The van der Waals surface area contributed by atoms with E-state index in [9.17, 15) is 14.4 Å². The highest BCUT2D eigenvalue weighted by Gasteiger charge is 2.36. The minimum Gasteiger partial charge on any atom is -0.366 e. The standard InChI is InChI=1S/C12H19N3O3/c1-7(16)14-9-5-8(10(13)17)6-15(11(9)18)12(2,3)4/h6,9H,5H2,1-4H3,(H2,13,17)(H,14,16). The van der Waals surface area contributed by atoms with Crippen LogP contribution in [0.25, 0.3) is 0 Å². The number of hydrogen-bond acceptors (Lipinski definition) is 3. The van der Waals surface area contributed by atoms with Gasteiger partial charge < -0.3 is 16.0 Å². The van der Waals surface area contributed by atoms with Crippen LogP contribution in [-0.2, 0) is 14.4 Å². The maximum Gasteiger partial charge on any atom is 0.249 e. The van der Waals surface area contributed by atoms with Crippen LogP contribution in [0.15, 0.2) is 11.8 Å². The van der Waals surface area contributed by atoms with Crippen molar-refractivity contribution in [1.82, 2.24) is 10.2 Å². The first-order valence-electron chi connectivity index (χ1n) is 5.73. The maximum absolute atomic E-state index is 12.2. The summed E-state index contributed by atoms with van der Waals surface area (Å²) in [6.45, 7) is 6.86. The Bertz CT molecular complexity index is 421. The number of carbonyl (C=O) groups is 3. The van der Waals surface area contributed by atoms with Gasteiger partial charge in [-0.25, -0.2) is 0 Å². The normalized spacial score (nSPS) is 20.4. The number of hydrogen-bond donors (Lipinski definition) is 2. The zero-order chi connectivity index (χ0) is 14.1. The summed E-state index contributed by atoms with van der Waals surface area (Å²) in [5, 5.41) is 2.54. The lowest BCUT2D eigenvalue weighted by atomic mass is 9.96. The lowest BCUT2D eigenvalue weighted by Gasteiger charge is -2.39. The predicted octanol–water partition coefficient (Wildman–Crippen LogP) is -0.109. The molecule has 100 valence electrons. The van der Waals surface area contributed by atoms with Gasteiger partial charge in [0, 0.05) is 30.7 Å². The van der Waals surface area contributed by atoms with Crippen molar-refractivity contribution >= 4 is 17.7 Å². The van der Waals surface area contributed by atoms with E-state index in [1.165, 1.54) is 18.0 Å². The Labute approximate surface area is 106 Å². The van der Waals surface area contributed by atoms with E-state index in [4.69, 9.17) is 5.73 Å². The van der Waals surface area contributed by atoms with Gasteiger partial charge in [-0.15, -0.1) is 0 Å². The molecule has 0 saturated heterocycles. The topological polar surface area (TPSA) is 92.5 Å². The van der Waals surface area contributed by atoms with E-state index in [1.807, 2.05) is 20.8 Å². The molecule has 0 radical (unpaired) electrons. The molecule has 0 bridgehead atoms. The van der Waals surface area contributed by atoms with Gasteiger partial charge in [0.25, 0.3) is 0 Å². The molecule has 1 rings (SSSR count). The highest BCUT2D eigenvalue weighted by molar-refractivity contribution is 5.97. The van der Waals surface area contributed by atoms with E-state index in [-0.39, 0.29) is 18.2 Å². The van der Waals surface area contributed by atoms with E-state index in [1.54, 1.807) is 0 Å². The minimum atomic E-state index is -0.728. The second-order valence-electron chi connectivity index (χ2n) is 5.35. The molecule has 0 aromatic heterocycles. The largest absolute Gasteiger partial charge is 0.366 e. The molecule has 0 aromatic rings. The molecule has 3 N–H and O–H groups in total. The zero-order valence-corrected chi connectivity index (χ0v) is 11.1. The second kappa shape index (κ2) is 4.80. The Kier molecular flexibility index (Phi) is 3.79. The van der Waals surface area contributed by atoms with Crippen LogP contribution in [0, 0.1) is 0 Å². The van der Waals surface area contributed by atoms with Crippen molar-refractivity contribution in [3.8, 4) is 0 Å². The lowest BCUT2D eigenvalue weighted by Crippen LogP contribution is -2.55. The average molecular weight is 253 g/mol. The Morgan fingerprint density at radius 3 is 2.39 bits per heavy atom. The SMILES string of the molecule is CC(=O)NC1CC(C(N)=O)=CN(C(C)(C)C)C1=O. The number of nitrogens with one attached hydrogen (secondary N) is 1. The first-order chi connectivity index (χ1) is 8.12. The molecule has 6 nitrogen and oxygen atoms in total. The third kappa shape index (κ3) is 3.09. The second-order valence-corrected chi connectivity index (χ2v) is 5.35. The fourth-order valence-electron chi connectivity index (χ4n) is 1.79. The summed E-state index contributed by atoms with van der Waals surface area (Å²) in [6, 6.07) is -0.728. The van der Waals surface area contributed by atoms with E-state index >= 15 is 0 Å². The van der Waals surface area contributed by atoms with Gasteiger partial charge in [0.15, 0.2) is 0 Å². The van der Waals surface area contributed by atoms with Crippen molar-refractivity contribution in [3.05, 3.63) is 11.8 Å². The van der Waals surface area contributed by atoms with Gasteiger partial charge in [-0.05, 0) is 20.8 Å². The fourth-order valence-corrected chi connectivity index (χ4v) is 1.79. The Morgan fingerprint density at radius 1 is 1.44 bits per heavy atom. The summed E-state index contributed by atoms with van der Waals surface area (Å²) in [7, 11) is 0. The summed E-state index contributed by atoms with van der Waals surface area (Å²) in [4.78, 5) is 36.0. The number of amides is 3. The van der Waals surface area contributed by atoms with Crippen LogP contribution in [-0.4, -0.2) is 34.2 Å². The third-order valence-electron chi connectivity index (χ3n) is 2.66. The summed E-state index contributed by atoms with van der Waals surface area (Å²) in [6.07, 6.45) is 1.61. The third-order valence-corrected chi connectivity index (χ3v) is 2.66. The van der Waals surface area contributed by atoms with Crippen LogP contribution in [0.1, 0.15) is 34.1 Å². The molecule has 0 saturated carbocycles. The van der Waals surface area contributed by atoms with E-state index < -0.39 is 17.5 Å². The highest BCUT2D eigenvalue weighted by atomic mass is 16.2. The highest BCUT2D eigenvalue weighted by Crippen LogP contribution is 2.24. The quantitative estimate of drug-likeness (QED) is 0.719. The minimum absolute atomic E-state index is 0.139. The number of primary amides is 1. The molecule has 0 aliphatic carbocycles. The van der Waals surface area contributed by atoms with Crippen molar-refractivity contribution in [3.63, 3.8) is 0 Å². The van der Waals surface area contributed by atoms with Gasteiger partial charge >= 0.3 is 0 Å². The summed E-state index contributed by atoms with van der Waals surface area (Å²) >= 11 is 0. The first kappa shape index (κ1) is 14.2. The summed E-state index contributed by atoms with van der Waals surface area (Å²) in [5.41, 5.74) is 5.11. The van der Waals surface area contributed by atoms with Gasteiger partial charge in [-0.3, -0.25) is 14.4 Å². The molecule has 0 aromatic carbocycles. The molecular weight excluding hydrogens is 234 g/mol. The van der Waals surface area contributed by atoms with Crippen LogP contribution in [0.5, 0.6) is 0 Å². The molecule has 1 unspecified atom stereocenters. The Balaban J connectivity index is 3.10. The summed E-state index contributed by atoms with van der Waals surface area (Å²) in [5.74, 6) is -1.12. The number of nitrogens with zero attached hydrogens (tertiary/aromatic N) is 1. The monoisotopic (exact) mass is 253 g/mol. The smallest absolute Gasteiger partial charge is 0.249 e. The molecule has 1 heterocycles. The molecule has 0 fully saturated rings. The van der Waals surface area contributed by atoms with Gasteiger partial charge in [0.05, 0.1) is 0 Å².